The Morgan fingerprint density at radius 2 is 1.88 bits per heavy atom. The number of nitro benzene ring substituents is 1. The van der Waals surface area contributed by atoms with E-state index in [0.29, 0.717) is 5.88 Å². The number of non-ortho nitro benzene ring substituents is 1. The van der Waals surface area contributed by atoms with Crippen LogP contribution < -0.4 is 4.74 Å². The Bertz CT molecular complexity index is 538. The molecule has 5 nitrogen and oxygen atoms in total. The van der Waals surface area contributed by atoms with Crippen LogP contribution in [0.2, 0.25) is 0 Å². The first-order valence-electron chi connectivity index (χ1n) is 4.95. The van der Waals surface area contributed by atoms with Gasteiger partial charge in [-0.05, 0) is 29.3 Å². The van der Waals surface area contributed by atoms with E-state index in [9.17, 15) is 10.1 Å². The van der Waals surface area contributed by atoms with Gasteiger partial charge in [-0.15, -0.1) is 0 Å². The number of nitro groups is 1. The van der Waals surface area contributed by atoms with Gasteiger partial charge in [0.1, 0.15) is 0 Å². The van der Waals surface area contributed by atoms with Crippen LogP contribution in [-0.4, -0.2) is 17.0 Å². The van der Waals surface area contributed by atoms with E-state index >= 15 is 0 Å². The van der Waals surface area contributed by atoms with Crippen LogP contribution >= 0.6 is 0 Å². The highest BCUT2D eigenvalue weighted by Gasteiger charge is 2.05. The molecule has 0 saturated carbocycles. The van der Waals surface area contributed by atoms with Gasteiger partial charge in [0, 0.05) is 24.4 Å². The van der Waals surface area contributed by atoms with Crippen molar-refractivity contribution in [1.29, 1.82) is 0 Å². The summed E-state index contributed by atoms with van der Waals surface area (Å²) in [5.74, 6) is 0.515. The molecule has 17 heavy (non-hydrogen) atoms. The molecule has 0 aliphatic rings. The van der Waals surface area contributed by atoms with E-state index in [2.05, 4.69) is 4.98 Å². The van der Waals surface area contributed by atoms with E-state index in [0.717, 1.165) is 11.1 Å². The zero-order valence-corrected chi connectivity index (χ0v) is 9.16. The first-order chi connectivity index (χ1) is 8.20. The third-order valence-corrected chi connectivity index (χ3v) is 2.36. The number of benzene rings is 1. The molecule has 0 saturated heterocycles. The van der Waals surface area contributed by atoms with Gasteiger partial charge in [-0.1, -0.05) is 0 Å². The molecule has 0 fully saturated rings. The molecule has 86 valence electrons. The Morgan fingerprint density at radius 1 is 1.18 bits per heavy atom. The van der Waals surface area contributed by atoms with Crippen molar-refractivity contribution in [2.45, 2.75) is 0 Å². The van der Waals surface area contributed by atoms with Crippen molar-refractivity contribution in [2.24, 2.45) is 0 Å². The first kappa shape index (κ1) is 11.1. The molecule has 2 aromatic rings. The molecule has 0 aliphatic heterocycles. The van der Waals surface area contributed by atoms with E-state index < -0.39 is 4.92 Å². The summed E-state index contributed by atoms with van der Waals surface area (Å²) in [6.45, 7) is 0. The predicted molar refractivity (Wildman–Crippen MR) is 62.9 cm³/mol. The average Bonchev–Trinajstić information content (AvgIpc) is 2.39. The Labute approximate surface area is 97.8 Å². The van der Waals surface area contributed by atoms with Crippen molar-refractivity contribution in [3.63, 3.8) is 0 Å². The summed E-state index contributed by atoms with van der Waals surface area (Å²) in [4.78, 5) is 14.1. The number of ether oxygens (including phenoxy) is 1. The number of pyridine rings is 1. The van der Waals surface area contributed by atoms with Gasteiger partial charge in [-0.2, -0.15) is 0 Å². The topological polar surface area (TPSA) is 65.3 Å². The molecule has 1 aromatic heterocycles. The molecule has 0 atom stereocenters. The van der Waals surface area contributed by atoms with Gasteiger partial charge in [0.2, 0.25) is 5.88 Å². The fourth-order valence-electron chi connectivity index (χ4n) is 1.48. The van der Waals surface area contributed by atoms with E-state index in [1.165, 1.54) is 12.1 Å². The Morgan fingerprint density at radius 3 is 2.47 bits per heavy atom. The van der Waals surface area contributed by atoms with Crippen LogP contribution in [0.1, 0.15) is 0 Å². The number of hydrogen-bond donors (Lipinski definition) is 0. The summed E-state index contributed by atoms with van der Waals surface area (Å²) in [6, 6.07) is 9.95. The lowest BCUT2D eigenvalue weighted by molar-refractivity contribution is -0.384. The molecule has 0 spiro atoms. The number of aromatic nitrogens is 1. The van der Waals surface area contributed by atoms with Crippen LogP contribution in [0, 0.1) is 10.1 Å². The van der Waals surface area contributed by atoms with Crippen LogP contribution in [0.15, 0.2) is 42.6 Å². The van der Waals surface area contributed by atoms with Crippen LogP contribution in [0.5, 0.6) is 5.88 Å². The molecular formula is C12H10N2O3. The lowest BCUT2D eigenvalue weighted by Gasteiger charge is -2.03. The van der Waals surface area contributed by atoms with Gasteiger partial charge in [0.05, 0.1) is 12.0 Å². The summed E-state index contributed by atoms with van der Waals surface area (Å²) in [5.41, 5.74) is 1.87. The van der Waals surface area contributed by atoms with Crippen molar-refractivity contribution in [2.75, 3.05) is 7.11 Å². The first-order valence-corrected chi connectivity index (χ1v) is 4.95. The molecule has 1 heterocycles. The highest BCUT2D eigenvalue weighted by atomic mass is 16.6. The summed E-state index contributed by atoms with van der Waals surface area (Å²) < 4.78 is 5.02. The molecule has 0 unspecified atom stereocenters. The van der Waals surface area contributed by atoms with Gasteiger partial charge in [-0.3, -0.25) is 10.1 Å². The third kappa shape index (κ3) is 2.39. The molecule has 0 bridgehead atoms. The zero-order chi connectivity index (χ0) is 12.3. The summed E-state index contributed by atoms with van der Waals surface area (Å²) >= 11 is 0. The quantitative estimate of drug-likeness (QED) is 0.600. The van der Waals surface area contributed by atoms with E-state index in [-0.39, 0.29) is 5.69 Å². The van der Waals surface area contributed by atoms with Gasteiger partial charge >= 0.3 is 0 Å². The second kappa shape index (κ2) is 4.61. The minimum atomic E-state index is -0.420. The number of hydrogen-bond acceptors (Lipinski definition) is 4. The molecular weight excluding hydrogens is 220 g/mol. The maximum absolute atomic E-state index is 10.5. The van der Waals surface area contributed by atoms with Crippen molar-refractivity contribution in [3.8, 4) is 17.0 Å². The number of nitrogens with zero attached hydrogens (tertiary/aromatic N) is 2. The van der Waals surface area contributed by atoms with Gasteiger partial charge in [0.15, 0.2) is 0 Å². The monoisotopic (exact) mass is 230 g/mol. The van der Waals surface area contributed by atoms with Crippen LogP contribution in [0.4, 0.5) is 5.69 Å². The van der Waals surface area contributed by atoms with Gasteiger partial charge < -0.3 is 4.74 Å². The SMILES string of the molecule is COc1cc(-c2ccc([N+](=O)[O-])cc2)ccn1. The fourth-order valence-corrected chi connectivity index (χ4v) is 1.48. The standard InChI is InChI=1S/C12H10N2O3/c1-17-12-8-10(6-7-13-12)9-2-4-11(5-3-9)14(15)16/h2-8H,1H3. The molecule has 5 heteroatoms. The van der Waals surface area contributed by atoms with Crippen molar-refractivity contribution in [1.82, 2.24) is 4.98 Å². The Kier molecular flexibility index (Phi) is 3.00. The van der Waals surface area contributed by atoms with E-state index in [1.807, 2.05) is 6.07 Å². The van der Waals surface area contributed by atoms with Crippen LogP contribution in [-0.2, 0) is 0 Å². The van der Waals surface area contributed by atoms with Crippen molar-refractivity contribution >= 4 is 5.69 Å². The van der Waals surface area contributed by atoms with E-state index in [4.69, 9.17) is 4.74 Å². The maximum Gasteiger partial charge on any atom is 0.269 e. The third-order valence-electron chi connectivity index (χ3n) is 2.36. The van der Waals surface area contributed by atoms with Crippen LogP contribution in [0.3, 0.4) is 0 Å². The molecule has 0 radical (unpaired) electrons. The minimum absolute atomic E-state index is 0.0785. The van der Waals surface area contributed by atoms with Crippen LogP contribution in [0.25, 0.3) is 11.1 Å². The molecule has 2 rings (SSSR count). The Balaban J connectivity index is 2.36. The zero-order valence-electron chi connectivity index (χ0n) is 9.16. The number of rotatable bonds is 3. The smallest absolute Gasteiger partial charge is 0.269 e. The van der Waals surface area contributed by atoms with Gasteiger partial charge in [-0.25, -0.2) is 4.98 Å². The fraction of sp³-hybridized carbons (Fsp3) is 0.0833. The molecule has 1 aromatic carbocycles. The Hall–Kier alpha value is -2.43. The van der Waals surface area contributed by atoms with Crippen molar-refractivity contribution in [3.05, 3.63) is 52.7 Å². The highest BCUT2D eigenvalue weighted by molar-refractivity contribution is 5.65. The number of methoxy groups -OCH3 is 1. The maximum atomic E-state index is 10.5. The largest absolute Gasteiger partial charge is 0.481 e. The van der Waals surface area contributed by atoms with E-state index in [1.54, 1.807) is 31.5 Å². The minimum Gasteiger partial charge on any atom is -0.481 e. The normalized spacial score (nSPS) is 9.94. The molecule has 0 aliphatic carbocycles. The molecule has 0 amide bonds. The summed E-state index contributed by atoms with van der Waals surface area (Å²) in [6.07, 6.45) is 1.63. The summed E-state index contributed by atoms with van der Waals surface area (Å²) in [5, 5.41) is 10.5. The predicted octanol–water partition coefficient (Wildman–Crippen LogP) is 2.67. The lowest BCUT2D eigenvalue weighted by Crippen LogP contribution is -1.89. The average molecular weight is 230 g/mol. The molecule has 0 N–H and O–H groups in total. The van der Waals surface area contributed by atoms with Gasteiger partial charge in [0.25, 0.3) is 5.69 Å². The second-order valence-electron chi connectivity index (χ2n) is 3.39. The second-order valence-corrected chi connectivity index (χ2v) is 3.39. The van der Waals surface area contributed by atoms with Crippen molar-refractivity contribution < 1.29 is 9.66 Å². The lowest BCUT2D eigenvalue weighted by atomic mass is 10.1. The summed E-state index contributed by atoms with van der Waals surface area (Å²) in [7, 11) is 1.54. The highest BCUT2D eigenvalue weighted by Crippen LogP contribution is 2.24.